The van der Waals surface area contributed by atoms with Crippen LogP contribution in [0.3, 0.4) is 0 Å². The predicted molar refractivity (Wildman–Crippen MR) is 69.9 cm³/mol. The van der Waals surface area contributed by atoms with Crippen LogP contribution in [0.2, 0.25) is 0 Å². The van der Waals surface area contributed by atoms with Crippen LogP contribution in [0.4, 0.5) is 0 Å². The van der Waals surface area contributed by atoms with Gasteiger partial charge in [-0.3, -0.25) is 0 Å². The van der Waals surface area contributed by atoms with Crippen molar-refractivity contribution in [1.82, 2.24) is 5.32 Å². The fraction of sp³-hybridized carbons (Fsp3) is 0.571. The summed E-state index contributed by atoms with van der Waals surface area (Å²) >= 11 is 0. The first-order valence-corrected chi connectivity index (χ1v) is 6.23. The fourth-order valence-corrected chi connectivity index (χ4v) is 2.47. The summed E-state index contributed by atoms with van der Waals surface area (Å²) in [5.41, 5.74) is 1.15. The first-order chi connectivity index (χ1) is 8.80. The highest BCUT2D eigenvalue weighted by Gasteiger charge is 2.24. The average Bonchev–Trinajstić information content (AvgIpc) is 2.46. The van der Waals surface area contributed by atoms with Gasteiger partial charge in [0.25, 0.3) is 0 Å². The monoisotopic (exact) mass is 250 g/mol. The number of rotatable bonds is 4. The van der Waals surface area contributed by atoms with Crippen LogP contribution in [0.1, 0.15) is 24.3 Å². The maximum Gasteiger partial charge on any atom is 0.129 e. The molecule has 2 rings (SSSR count). The Balaban J connectivity index is 2.41. The number of nitrogens with zero attached hydrogens (tertiary/aromatic N) is 1. The molecular formula is C14H20NO3. The van der Waals surface area contributed by atoms with Gasteiger partial charge in [0.15, 0.2) is 0 Å². The summed E-state index contributed by atoms with van der Waals surface area (Å²) in [6.45, 7) is 1.84. The van der Waals surface area contributed by atoms with Crippen molar-refractivity contribution >= 4 is 0 Å². The molecule has 0 atom stereocenters. The molecule has 18 heavy (non-hydrogen) atoms. The van der Waals surface area contributed by atoms with Crippen molar-refractivity contribution in [1.29, 1.82) is 0 Å². The summed E-state index contributed by atoms with van der Waals surface area (Å²) < 4.78 is 16.2. The van der Waals surface area contributed by atoms with Crippen molar-refractivity contribution in [2.45, 2.75) is 18.8 Å². The van der Waals surface area contributed by atoms with Gasteiger partial charge in [-0.05, 0) is 18.8 Å². The highest BCUT2D eigenvalue weighted by Crippen LogP contribution is 2.42. The molecule has 1 aromatic rings. The summed E-state index contributed by atoms with van der Waals surface area (Å²) in [4.78, 5) is 0. The Labute approximate surface area is 108 Å². The van der Waals surface area contributed by atoms with Gasteiger partial charge in [0.1, 0.15) is 17.2 Å². The van der Waals surface area contributed by atoms with E-state index in [2.05, 4.69) is 5.32 Å². The SMILES string of the molecule is COc1cc(OC)c(C2CC[N]CC2)c(OC)c1. The van der Waals surface area contributed by atoms with E-state index in [1.165, 1.54) is 0 Å². The minimum Gasteiger partial charge on any atom is -0.496 e. The smallest absolute Gasteiger partial charge is 0.129 e. The van der Waals surface area contributed by atoms with E-state index < -0.39 is 0 Å². The first-order valence-electron chi connectivity index (χ1n) is 6.23. The maximum atomic E-state index is 5.49. The van der Waals surface area contributed by atoms with E-state index >= 15 is 0 Å². The number of hydrogen-bond donors (Lipinski definition) is 0. The summed E-state index contributed by atoms with van der Waals surface area (Å²) in [6.07, 6.45) is 2.11. The van der Waals surface area contributed by atoms with Crippen molar-refractivity contribution in [3.63, 3.8) is 0 Å². The Morgan fingerprint density at radius 1 is 0.944 bits per heavy atom. The van der Waals surface area contributed by atoms with E-state index in [1.807, 2.05) is 12.1 Å². The van der Waals surface area contributed by atoms with Gasteiger partial charge < -0.3 is 14.2 Å². The summed E-state index contributed by atoms with van der Waals surface area (Å²) in [7, 11) is 5.02. The van der Waals surface area contributed by atoms with E-state index in [4.69, 9.17) is 14.2 Å². The van der Waals surface area contributed by atoms with Gasteiger partial charge in [-0.1, -0.05) is 0 Å². The zero-order valence-electron chi connectivity index (χ0n) is 11.2. The summed E-state index contributed by atoms with van der Waals surface area (Å²) in [5, 5.41) is 4.39. The Kier molecular flexibility index (Phi) is 4.31. The topological polar surface area (TPSA) is 41.8 Å². The van der Waals surface area contributed by atoms with E-state index in [9.17, 15) is 0 Å². The van der Waals surface area contributed by atoms with Crippen LogP contribution in [0.25, 0.3) is 0 Å². The Hall–Kier alpha value is -1.42. The van der Waals surface area contributed by atoms with Gasteiger partial charge >= 0.3 is 0 Å². The minimum absolute atomic E-state index is 0.457. The highest BCUT2D eigenvalue weighted by atomic mass is 16.5. The zero-order valence-corrected chi connectivity index (χ0v) is 11.2. The molecule has 0 spiro atoms. The van der Waals surface area contributed by atoms with Crippen LogP contribution < -0.4 is 19.5 Å². The van der Waals surface area contributed by atoms with Gasteiger partial charge in [-0.25, -0.2) is 5.32 Å². The van der Waals surface area contributed by atoms with Crippen molar-refractivity contribution in [2.75, 3.05) is 34.4 Å². The van der Waals surface area contributed by atoms with Crippen LogP contribution in [0, 0.1) is 0 Å². The van der Waals surface area contributed by atoms with E-state index in [1.54, 1.807) is 21.3 Å². The van der Waals surface area contributed by atoms with Gasteiger partial charge in [0.05, 0.1) is 21.3 Å². The number of methoxy groups -OCH3 is 3. The molecule has 0 saturated carbocycles. The molecule has 1 heterocycles. The lowest BCUT2D eigenvalue weighted by Gasteiger charge is -2.25. The van der Waals surface area contributed by atoms with Crippen molar-refractivity contribution in [3.05, 3.63) is 17.7 Å². The molecule has 1 aromatic carbocycles. The normalized spacial score (nSPS) is 16.4. The van der Waals surface area contributed by atoms with Crippen LogP contribution in [0.5, 0.6) is 17.2 Å². The van der Waals surface area contributed by atoms with Crippen LogP contribution >= 0.6 is 0 Å². The molecule has 4 nitrogen and oxygen atoms in total. The molecule has 0 aromatic heterocycles. The van der Waals surface area contributed by atoms with E-state index in [0.29, 0.717) is 5.92 Å². The molecule has 1 fully saturated rings. The van der Waals surface area contributed by atoms with Crippen molar-refractivity contribution < 1.29 is 14.2 Å². The van der Waals surface area contributed by atoms with Crippen LogP contribution in [-0.2, 0) is 0 Å². The summed E-state index contributed by atoms with van der Waals surface area (Å²) in [5.74, 6) is 2.91. The standard InChI is InChI=1S/C14H20NO3/c1-16-11-8-12(17-2)14(13(9-11)18-3)10-4-6-15-7-5-10/h8-10H,4-7H2,1-3H3. The summed E-state index contributed by atoms with van der Waals surface area (Å²) in [6, 6.07) is 3.84. The maximum absolute atomic E-state index is 5.49. The van der Waals surface area contributed by atoms with Crippen molar-refractivity contribution in [3.8, 4) is 17.2 Å². The third-order valence-corrected chi connectivity index (χ3v) is 3.43. The Bertz CT molecular complexity index is 375. The second-order valence-electron chi connectivity index (χ2n) is 4.39. The molecule has 1 saturated heterocycles. The molecule has 0 N–H and O–H groups in total. The number of hydrogen-bond acceptors (Lipinski definition) is 3. The minimum atomic E-state index is 0.457. The largest absolute Gasteiger partial charge is 0.496 e. The van der Waals surface area contributed by atoms with Gasteiger partial charge in [0, 0.05) is 30.8 Å². The van der Waals surface area contributed by atoms with Crippen molar-refractivity contribution in [2.24, 2.45) is 0 Å². The molecule has 4 heteroatoms. The highest BCUT2D eigenvalue weighted by molar-refractivity contribution is 5.52. The lowest BCUT2D eigenvalue weighted by molar-refractivity contribution is 0.352. The predicted octanol–water partition coefficient (Wildman–Crippen LogP) is 2.19. The number of benzene rings is 1. The third kappa shape index (κ3) is 2.53. The lowest BCUT2D eigenvalue weighted by Crippen LogP contribution is -2.21. The molecule has 0 amide bonds. The fourth-order valence-electron chi connectivity index (χ4n) is 2.47. The Morgan fingerprint density at radius 2 is 1.50 bits per heavy atom. The van der Waals surface area contributed by atoms with Crippen LogP contribution in [0.15, 0.2) is 12.1 Å². The Morgan fingerprint density at radius 3 is 1.94 bits per heavy atom. The van der Waals surface area contributed by atoms with E-state index in [0.717, 1.165) is 48.7 Å². The number of ether oxygens (including phenoxy) is 3. The first kappa shape index (κ1) is 13.0. The molecule has 1 aliphatic heterocycles. The number of piperidine rings is 1. The molecule has 99 valence electrons. The van der Waals surface area contributed by atoms with Gasteiger partial charge in [-0.15, -0.1) is 0 Å². The average molecular weight is 250 g/mol. The molecule has 0 bridgehead atoms. The third-order valence-electron chi connectivity index (χ3n) is 3.43. The quantitative estimate of drug-likeness (QED) is 0.822. The lowest BCUT2D eigenvalue weighted by atomic mass is 9.88. The second-order valence-corrected chi connectivity index (χ2v) is 4.39. The van der Waals surface area contributed by atoms with E-state index in [-0.39, 0.29) is 0 Å². The van der Waals surface area contributed by atoms with Gasteiger partial charge in [-0.2, -0.15) is 0 Å². The second kappa shape index (κ2) is 5.96. The molecule has 0 unspecified atom stereocenters. The van der Waals surface area contributed by atoms with Gasteiger partial charge in [0.2, 0.25) is 0 Å². The zero-order chi connectivity index (χ0) is 13.0. The molecule has 0 aliphatic carbocycles. The molecule has 1 radical (unpaired) electrons. The molecule has 1 aliphatic rings. The molecular weight excluding hydrogens is 230 g/mol. The van der Waals surface area contributed by atoms with Crippen LogP contribution in [-0.4, -0.2) is 34.4 Å².